The molecule has 1 aromatic carbocycles. The molecule has 0 saturated carbocycles. The van der Waals surface area contributed by atoms with Crippen LogP contribution in [0.15, 0.2) is 42.6 Å². The molecule has 3 nitrogen and oxygen atoms in total. The first-order valence-electron chi connectivity index (χ1n) is 7.13. The molecule has 0 fully saturated rings. The third kappa shape index (κ3) is 2.29. The van der Waals surface area contributed by atoms with Gasteiger partial charge in [0.2, 0.25) is 0 Å². The van der Waals surface area contributed by atoms with Crippen LogP contribution in [0.2, 0.25) is 0 Å². The third-order valence-corrected chi connectivity index (χ3v) is 4.23. The number of pyridine rings is 1. The number of hydrogen-bond acceptors (Lipinski definition) is 3. The van der Waals surface area contributed by atoms with Crippen molar-refractivity contribution in [2.45, 2.75) is 24.8 Å². The molecule has 2 unspecified atom stereocenters. The predicted octanol–water partition coefficient (Wildman–Crippen LogP) is 2.88. The van der Waals surface area contributed by atoms with E-state index >= 15 is 0 Å². The Labute approximate surface area is 120 Å². The monoisotopic (exact) mass is 267 g/mol. The van der Waals surface area contributed by atoms with Crippen molar-refractivity contribution in [3.05, 3.63) is 59.4 Å². The number of hydrogen-bond donors (Lipinski definition) is 1. The highest BCUT2D eigenvalue weighted by atomic mass is 15.1. The van der Waals surface area contributed by atoms with Crippen molar-refractivity contribution in [1.29, 1.82) is 0 Å². The number of aromatic nitrogens is 1. The van der Waals surface area contributed by atoms with E-state index in [0.717, 1.165) is 12.8 Å². The van der Waals surface area contributed by atoms with Crippen molar-refractivity contribution in [3.63, 3.8) is 0 Å². The molecule has 3 rings (SSSR count). The van der Waals surface area contributed by atoms with Crippen molar-refractivity contribution in [1.82, 2.24) is 4.98 Å². The third-order valence-electron chi connectivity index (χ3n) is 4.23. The Morgan fingerprint density at radius 2 is 1.95 bits per heavy atom. The fourth-order valence-electron chi connectivity index (χ4n) is 3.02. The number of rotatable bonds is 3. The summed E-state index contributed by atoms with van der Waals surface area (Å²) >= 11 is 0. The Kier molecular flexibility index (Phi) is 3.45. The van der Waals surface area contributed by atoms with Gasteiger partial charge in [-0.05, 0) is 42.2 Å². The lowest BCUT2D eigenvalue weighted by Gasteiger charge is -2.21. The maximum absolute atomic E-state index is 6.49. The van der Waals surface area contributed by atoms with Crippen LogP contribution in [-0.4, -0.2) is 19.1 Å². The van der Waals surface area contributed by atoms with E-state index in [4.69, 9.17) is 5.73 Å². The summed E-state index contributed by atoms with van der Waals surface area (Å²) in [6.07, 6.45) is 4.07. The van der Waals surface area contributed by atoms with Gasteiger partial charge in [0.1, 0.15) is 0 Å². The lowest BCUT2D eigenvalue weighted by atomic mass is 9.91. The lowest BCUT2D eigenvalue weighted by Crippen LogP contribution is -2.19. The second-order valence-electron chi connectivity index (χ2n) is 5.70. The summed E-state index contributed by atoms with van der Waals surface area (Å²) in [5.41, 5.74) is 11.4. The van der Waals surface area contributed by atoms with Crippen LogP contribution in [0.25, 0.3) is 0 Å². The van der Waals surface area contributed by atoms with Crippen molar-refractivity contribution in [2.75, 3.05) is 19.0 Å². The van der Waals surface area contributed by atoms with Gasteiger partial charge < -0.3 is 10.6 Å². The minimum Gasteiger partial charge on any atom is -0.378 e. The Balaban J connectivity index is 1.85. The molecule has 1 heterocycles. The highest BCUT2D eigenvalue weighted by Crippen LogP contribution is 2.39. The summed E-state index contributed by atoms with van der Waals surface area (Å²) in [5.74, 6) is 0.344. The van der Waals surface area contributed by atoms with Crippen LogP contribution in [0.3, 0.4) is 0 Å². The lowest BCUT2D eigenvalue weighted by molar-refractivity contribution is 0.541. The summed E-state index contributed by atoms with van der Waals surface area (Å²) < 4.78 is 0. The van der Waals surface area contributed by atoms with Gasteiger partial charge >= 0.3 is 0 Å². The quantitative estimate of drug-likeness (QED) is 0.929. The first-order valence-corrected chi connectivity index (χ1v) is 7.13. The van der Waals surface area contributed by atoms with Gasteiger partial charge in [0.25, 0.3) is 0 Å². The fourth-order valence-corrected chi connectivity index (χ4v) is 3.02. The van der Waals surface area contributed by atoms with Gasteiger partial charge in [-0.3, -0.25) is 4.98 Å². The first-order chi connectivity index (χ1) is 9.66. The smallest absolute Gasteiger partial charge is 0.0485 e. The SMILES string of the molecule is CN(C)c1ccc(C(N)C2CCc3cccnc32)cc1. The van der Waals surface area contributed by atoms with Gasteiger partial charge in [0.05, 0.1) is 0 Å². The van der Waals surface area contributed by atoms with Gasteiger partial charge in [0, 0.05) is 43.6 Å². The molecule has 3 heteroatoms. The molecule has 0 saturated heterocycles. The summed E-state index contributed by atoms with van der Waals surface area (Å²) in [5, 5.41) is 0. The highest BCUT2D eigenvalue weighted by Gasteiger charge is 2.29. The Hall–Kier alpha value is -1.87. The molecule has 104 valence electrons. The minimum atomic E-state index is 0.0300. The number of fused-ring (bicyclic) bond motifs is 1. The normalized spacial score (nSPS) is 18.6. The van der Waals surface area contributed by atoms with Crippen LogP contribution in [0.4, 0.5) is 5.69 Å². The maximum atomic E-state index is 6.49. The largest absolute Gasteiger partial charge is 0.378 e. The molecule has 1 aliphatic rings. The molecule has 2 N–H and O–H groups in total. The second kappa shape index (κ2) is 5.25. The molecule has 20 heavy (non-hydrogen) atoms. The molecule has 0 spiro atoms. The van der Waals surface area contributed by atoms with Gasteiger partial charge in [-0.25, -0.2) is 0 Å². The number of anilines is 1. The number of nitrogens with two attached hydrogens (primary N) is 1. The standard InChI is InChI=1S/C17H21N3/c1-20(2)14-8-5-12(6-9-14)16(18)15-10-7-13-4-3-11-19-17(13)15/h3-6,8-9,11,15-16H,7,10,18H2,1-2H3. The van der Waals surface area contributed by atoms with E-state index in [0.29, 0.717) is 5.92 Å². The van der Waals surface area contributed by atoms with Crippen LogP contribution in [-0.2, 0) is 6.42 Å². The Morgan fingerprint density at radius 3 is 2.65 bits per heavy atom. The van der Waals surface area contributed by atoms with Crippen LogP contribution in [0.5, 0.6) is 0 Å². The minimum absolute atomic E-state index is 0.0300. The van der Waals surface area contributed by atoms with E-state index in [1.807, 2.05) is 26.4 Å². The molecule has 1 aromatic heterocycles. The van der Waals surface area contributed by atoms with Gasteiger partial charge in [0.15, 0.2) is 0 Å². The zero-order chi connectivity index (χ0) is 14.1. The average molecular weight is 267 g/mol. The number of aryl methyl sites for hydroxylation is 1. The topological polar surface area (TPSA) is 42.1 Å². The molecule has 2 aromatic rings. The first kappa shape index (κ1) is 13.1. The fraction of sp³-hybridized carbons (Fsp3) is 0.353. The highest BCUT2D eigenvalue weighted by molar-refractivity contribution is 5.47. The van der Waals surface area contributed by atoms with Crippen LogP contribution in [0, 0.1) is 0 Å². The van der Waals surface area contributed by atoms with E-state index < -0.39 is 0 Å². The van der Waals surface area contributed by atoms with Crippen molar-refractivity contribution in [2.24, 2.45) is 5.73 Å². The summed E-state index contributed by atoms with van der Waals surface area (Å²) in [6, 6.07) is 12.7. The molecule has 0 amide bonds. The van der Waals surface area contributed by atoms with Crippen molar-refractivity contribution >= 4 is 5.69 Å². The van der Waals surface area contributed by atoms with E-state index in [1.165, 1.54) is 22.5 Å². The summed E-state index contributed by atoms with van der Waals surface area (Å²) in [4.78, 5) is 6.64. The molecule has 2 atom stereocenters. The van der Waals surface area contributed by atoms with Crippen molar-refractivity contribution in [3.8, 4) is 0 Å². The van der Waals surface area contributed by atoms with E-state index in [-0.39, 0.29) is 6.04 Å². The van der Waals surface area contributed by atoms with Gasteiger partial charge in [-0.1, -0.05) is 18.2 Å². The zero-order valence-corrected chi connectivity index (χ0v) is 12.1. The maximum Gasteiger partial charge on any atom is 0.0485 e. The van der Waals surface area contributed by atoms with E-state index in [1.54, 1.807) is 0 Å². The van der Waals surface area contributed by atoms with Crippen LogP contribution < -0.4 is 10.6 Å². The Morgan fingerprint density at radius 1 is 1.20 bits per heavy atom. The van der Waals surface area contributed by atoms with Gasteiger partial charge in [-0.15, -0.1) is 0 Å². The zero-order valence-electron chi connectivity index (χ0n) is 12.1. The van der Waals surface area contributed by atoms with Crippen molar-refractivity contribution < 1.29 is 0 Å². The molecule has 0 radical (unpaired) electrons. The predicted molar refractivity (Wildman–Crippen MR) is 83.0 cm³/mol. The number of benzene rings is 1. The summed E-state index contributed by atoms with van der Waals surface area (Å²) in [7, 11) is 4.10. The molecule has 0 aliphatic heterocycles. The van der Waals surface area contributed by atoms with Gasteiger partial charge in [-0.2, -0.15) is 0 Å². The second-order valence-corrected chi connectivity index (χ2v) is 5.70. The molecule has 0 bridgehead atoms. The molecular weight excluding hydrogens is 246 g/mol. The average Bonchev–Trinajstić information content (AvgIpc) is 2.90. The molecular formula is C17H21N3. The molecule has 1 aliphatic carbocycles. The van der Waals surface area contributed by atoms with E-state index in [9.17, 15) is 0 Å². The van der Waals surface area contributed by atoms with Crippen LogP contribution in [0.1, 0.15) is 35.2 Å². The number of nitrogens with zero attached hydrogens (tertiary/aromatic N) is 2. The Bertz CT molecular complexity index is 589. The van der Waals surface area contributed by atoms with Crippen LogP contribution >= 0.6 is 0 Å². The van der Waals surface area contributed by atoms with E-state index in [2.05, 4.69) is 40.2 Å². The summed E-state index contributed by atoms with van der Waals surface area (Å²) in [6.45, 7) is 0.